The highest BCUT2D eigenvalue weighted by Gasteiger charge is 2.22. The Morgan fingerprint density at radius 1 is 0.783 bits per heavy atom. The smallest absolute Gasteiger partial charge is 0.170 e. The molecule has 0 amide bonds. The van der Waals surface area contributed by atoms with Crippen molar-refractivity contribution in [3.8, 4) is 0 Å². The number of benzene rings is 3. The molecule has 2 heteroatoms. The molecule has 23 heavy (non-hydrogen) atoms. The number of ketones is 1. The maximum Gasteiger partial charge on any atom is 0.170 e. The molecular formula is C21H17BrO. The van der Waals surface area contributed by atoms with Crippen LogP contribution in [0.3, 0.4) is 0 Å². The van der Waals surface area contributed by atoms with Crippen LogP contribution in [0.1, 0.15) is 27.4 Å². The minimum atomic E-state index is -0.167. The van der Waals surface area contributed by atoms with Crippen LogP contribution >= 0.6 is 15.9 Å². The van der Waals surface area contributed by atoms with E-state index < -0.39 is 0 Å². The van der Waals surface area contributed by atoms with Crippen molar-refractivity contribution in [2.75, 3.05) is 0 Å². The molecule has 0 fully saturated rings. The highest BCUT2D eigenvalue weighted by molar-refractivity contribution is 9.10. The van der Waals surface area contributed by atoms with Crippen LogP contribution in [0.15, 0.2) is 89.4 Å². The number of halogens is 1. The molecule has 0 saturated heterocycles. The molecule has 1 atom stereocenters. The Morgan fingerprint density at radius 3 is 1.96 bits per heavy atom. The van der Waals surface area contributed by atoms with Gasteiger partial charge in [-0.25, -0.2) is 0 Å². The van der Waals surface area contributed by atoms with Gasteiger partial charge in [0.1, 0.15) is 0 Å². The molecule has 3 aromatic rings. The lowest BCUT2D eigenvalue weighted by molar-refractivity contribution is 0.0959. The molecule has 0 heterocycles. The van der Waals surface area contributed by atoms with Gasteiger partial charge in [-0.05, 0) is 29.7 Å². The summed E-state index contributed by atoms with van der Waals surface area (Å²) in [5.74, 6) is -0.00710. The van der Waals surface area contributed by atoms with E-state index in [4.69, 9.17) is 0 Å². The lowest BCUT2D eigenvalue weighted by Gasteiger charge is -2.17. The van der Waals surface area contributed by atoms with E-state index in [1.807, 2.05) is 72.8 Å². The van der Waals surface area contributed by atoms with Crippen molar-refractivity contribution >= 4 is 21.7 Å². The Morgan fingerprint density at radius 2 is 1.35 bits per heavy atom. The fraction of sp³-hybridized carbons (Fsp3) is 0.0952. The molecule has 3 aromatic carbocycles. The minimum absolute atomic E-state index is 0.160. The maximum absolute atomic E-state index is 13.0. The zero-order valence-electron chi connectivity index (χ0n) is 12.7. The number of carbonyl (C=O) groups is 1. The van der Waals surface area contributed by atoms with Crippen LogP contribution in [0.25, 0.3) is 0 Å². The first-order chi connectivity index (χ1) is 11.2. The monoisotopic (exact) mass is 364 g/mol. The molecule has 0 radical (unpaired) electrons. The first-order valence-corrected chi connectivity index (χ1v) is 8.42. The number of hydrogen-bond donors (Lipinski definition) is 0. The van der Waals surface area contributed by atoms with Crippen LogP contribution in [0.2, 0.25) is 0 Å². The molecule has 0 N–H and O–H groups in total. The van der Waals surface area contributed by atoms with Gasteiger partial charge in [-0.1, -0.05) is 88.7 Å². The van der Waals surface area contributed by atoms with Crippen molar-refractivity contribution in [3.63, 3.8) is 0 Å². The van der Waals surface area contributed by atoms with E-state index in [9.17, 15) is 4.79 Å². The zero-order chi connectivity index (χ0) is 16.1. The second-order valence-electron chi connectivity index (χ2n) is 5.52. The van der Waals surface area contributed by atoms with E-state index in [1.165, 1.54) is 5.56 Å². The topological polar surface area (TPSA) is 17.1 Å². The summed E-state index contributed by atoms with van der Waals surface area (Å²) in [6.07, 6.45) is 0.708. The van der Waals surface area contributed by atoms with E-state index in [0.29, 0.717) is 6.42 Å². The van der Waals surface area contributed by atoms with E-state index >= 15 is 0 Å². The van der Waals surface area contributed by atoms with Crippen LogP contribution in [0, 0.1) is 0 Å². The summed E-state index contributed by atoms with van der Waals surface area (Å²) < 4.78 is 0.980. The third kappa shape index (κ3) is 3.96. The average molecular weight is 365 g/mol. The molecule has 3 rings (SSSR count). The summed E-state index contributed by atoms with van der Waals surface area (Å²) in [5.41, 5.74) is 2.98. The fourth-order valence-corrected chi connectivity index (χ4v) is 2.98. The van der Waals surface area contributed by atoms with Gasteiger partial charge in [0, 0.05) is 10.0 Å². The SMILES string of the molecule is O=C(c1ccc(Br)cc1)[C@H](Cc1ccccc1)c1ccccc1. The molecule has 0 aliphatic heterocycles. The predicted molar refractivity (Wildman–Crippen MR) is 97.8 cm³/mol. The lowest BCUT2D eigenvalue weighted by Crippen LogP contribution is -2.15. The van der Waals surface area contributed by atoms with Crippen LogP contribution in [0.4, 0.5) is 0 Å². The molecule has 0 aliphatic carbocycles. The van der Waals surface area contributed by atoms with E-state index in [0.717, 1.165) is 15.6 Å². The summed E-state index contributed by atoms with van der Waals surface area (Å²) >= 11 is 3.42. The van der Waals surface area contributed by atoms with Gasteiger partial charge >= 0.3 is 0 Å². The highest BCUT2D eigenvalue weighted by Crippen LogP contribution is 2.26. The zero-order valence-corrected chi connectivity index (χ0v) is 14.2. The van der Waals surface area contributed by atoms with Crippen LogP contribution < -0.4 is 0 Å². The van der Waals surface area contributed by atoms with Crippen molar-refractivity contribution in [3.05, 3.63) is 106 Å². The summed E-state index contributed by atoms with van der Waals surface area (Å²) in [6, 6.07) is 27.8. The summed E-state index contributed by atoms with van der Waals surface area (Å²) in [5, 5.41) is 0. The first-order valence-electron chi connectivity index (χ1n) is 7.62. The van der Waals surface area contributed by atoms with Crippen molar-refractivity contribution in [2.45, 2.75) is 12.3 Å². The molecule has 0 bridgehead atoms. The minimum Gasteiger partial charge on any atom is -0.293 e. The Labute approximate surface area is 145 Å². The number of rotatable bonds is 5. The average Bonchev–Trinajstić information content (AvgIpc) is 2.61. The molecule has 0 aliphatic rings. The Kier molecular flexibility index (Phi) is 5.04. The van der Waals surface area contributed by atoms with Crippen molar-refractivity contribution in [1.82, 2.24) is 0 Å². The van der Waals surface area contributed by atoms with Gasteiger partial charge in [-0.3, -0.25) is 4.79 Å². The molecule has 0 aromatic heterocycles. The fourth-order valence-electron chi connectivity index (χ4n) is 2.71. The molecule has 0 unspecified atom stereocenters. The molecule has 0 spiro atoms. The quantitative estimate of drug-likeness (QED) is 0.534. The first kappa shape index (κ1) is 15.7. The summed E-state index contributed by atoms with van der Waals surface area (Å²) in [7, 11) is 0. The number of carbonyl (C=O) groups excluding carboxylic acids is 1. The number of Topliss-reactive ketones (excluding diaryl/α,β-unsaturated/α-hetero) is 1. The molecule has 0 saturated carbocycles. The third-order valence-corrected chi connectivity index (χ3v) is 4.46. The Hall–Kier alpha value is -2.19. The summed E-state index contributed by atoms with van der Waals surface area (Å²) in [6.45, 7) is 0. The van der Waals surface area contributed by atoms with E-state index in [1.54, 1.807) is 0 Å². The second-order valence-corrected chi connectivity index (χ2v) is 6.44. The van der Waals surface area contributed by atoms with Gasteiger partial charge in [0.25, 0.3) is 0 Å². The maximum atomic E-state index is 13.0. The van der Waals surface area contributed by atoms with Crippen molar-refractivity contribution < 1.29 is 4.79 Å². The lowest BCUT2D eigenvalue weighted by atomic mass is 9.85. The van der Waals surface area contributed by atoms with Gasteiger partial charge in [-0.15, -0.1) is 0 Å². The van der Waals surface area contributed by atoms with Crippen molar-refractivity contribution in [1.29, 1.82) is 0 Å². The summed E-state index contributed by atoms with van der Waals surface area (Å²) in [4.78, 5) is 13.0. The van der Waals surface area contributed by atoms with E-state index in [-0.39, 0.29) is 11.7 Å². The Bertz CT molecular complexity index is 764. The van der Waals surface area contributed by atoms with Gasteiger partial charge in [0.15, 0.2) is 5.78 Å². The normalized spacial score (nSPS) is 11.9. The van der Waals surface area contributed by atoms with Gasteiger partial charge in [0.05, 0.1) is 5.92 Å². The molecule has 1 nitrogen and oxygen atoms in total. The van der Waals surface area contributed by atoms with E-state index in [2.05, 4.69) is 28.1 Å². The van der Waals surface area contributed by atoms with Crippen LogP contribution in [-0.2, 0) is 6.42 Å². The van der Waals surface area contributed by atoms with Crippen molar-refractivity contribution in [2.24, 2.45) is 0 Å². The van der Waals surface area contributed by atoms with Gasteiger partial charge in [-0.2, -0.15) is 0 Å². The number of hydrogen-bond acceptors (Lipinski definition) is 1. The van der Waals surface area contributed by atoms with Crippen LogP contribution in [0.5, 0.6) is 0 Å². The Balaban J connectivity index is 1.94. The molecule has 114 valence electrons. The third-order valence-electron chi connectivity index (χ3n) is 3.93. The largest absolute Gasteiger partial charge is 0.293 e. The van der Waals surface area contributed by atoms with Gasteiger partial charge in [0.2, 0.25) is 0 Å². The predicted octanol–water partition coefficient (Wildman–Crippen LogP) is 5.66. The standard InChI is InChI=1S/C21H17BrO/c22-19-13-11-18(12-14-19)21(23)20(17-9-5-2-6-10-17)15-16-7-3-1-4-8-16/h1-14,20H,15H2/t20-/m1/s1. The van der Waals surface area contributed by atoms with Gasteiger partial charge < -0.3 is 0 Å². The molecular weight excluding hydrogens is 348 g/mol. The second kappa shape index (κ2) is 7.38. The highest BCUT2D eigenvalue weighted by atomic mass is 79.9. The van der Waals surface area contributed by atoms with Crippen LogP contribution in [-0.4, -0.2) is 5.78 Å².